The first kappa shape index (κ1) is 18.5. The van der Waals surface area contributed by atoms with Crippen LogP contribution >= 0.6 is 39.7 Å². The Morgan fingerprint density at radius 1 is 1.32 bits per heavy atom. The zero-order valence-corrected chi connectivity index (χ0v) is 17.2. The molecule has 1 unspecified atom stereocenters. The molecule has 2 N–H and O–H groups in total. The van der Waals surface area contributed by atoms with Crippen LogP contribution in [0.1, 0.15) is 18.9 Å². The van der Waals surface area contributed by atoms with Crippen molar-refractivity contribution in [1.29, 1.82) is 0 Å². The first-order valence-corrected chi connectivity index (χ1v) is 9.97. The number of thiocarbonyl (C=S) groups is 1. The quantitative estimate of drug-likeness (QED) is 0.494. The summed E-state index contributed by atoms with van der Waals surface area (Å²) in [5.41, 5.74) is 3.71. The molecular formula is C19H21BrClN3S. The van der Waals surface area contributed by atoms with Crippen molar-refractivity contribution in [2.75, 3.05) is 23.3 Å². The van der Waals surface area contributed by atoms with Crippen LogP contribution in [0.15, 0.2) is 46.9 Å². The summed E-state index contributed by atoms with van der Waals surface area (Å²) in [5.74, 6) is 0. The van der Waals surface area contributed by atoms with Crippen molar-refractivity contribution in [3.63, 3.8) is 0 Å². The number of fused-ring (bicyclic) bond motifs is 1. The van der Waals surface area contributed by atoms with Crippen LogP contribution in [-0.4, -0.2) is 24.2 Å². The predicted octanol–water partition coefficient (Wildman–Crippen LogP) is 5.23. The van der Waals surface area contributed by atoms with Gasteiger partial charge in [-0.3, -0.25) is 0 Å². The minimum Gasteiger partial charge on any atom is -0.368 e. The zero-order valence-electron chi connectivity index (χ0n) is 14.1. The van der Waals surface area contributed by atoms with E-state index in [1.165, 1.54) is 11.3 Å². The molecule has 0 amide bonds. The van der Waals surface area contributed by atoms with Crippen molar-refractivity contribution in [2.24, 2.45) is 0 Å². The number of hydrogen-bond acceptors (Lipinski definition) is 2. The third-order valence-corrected chi connectivity index (χ3v) is 5.87. The fourth-order valence-corrected chi connectivity index (χ4v) is 3.82. The highest BCUT2D eigenvalue weighted by atomic mass is 79.9. The zero-order chi connectivity index (χ0) is 17.8. The summed E-state index contributed by atoms with van der Waals surface area (Å²) in [5, 5.41) is 7.71. The Balaban J connectivity index is 1.44. The average molecular weight is 439 g/mol. The summed E-state index contributed by atoms with van der Waals surface area (Å²) >= 11 is 14.8. The molecule has 0 bridgehead atoms. The first-order chi connectivity index (χ1) is 12.0. The van der Waals surface area contributed by atoms with Crippen molar-refractivity contribution < 1.29 is 0 Å². The van der Waals surface area contributed by atoms with Gasteiger partial charge < -0.3 is 15.5 Å². The number of hydrogen-bond donors (Lipinski definition) is 2. The topological polar surface area (TPSA) is 27.3 Å². The van der Waals surface area contributed by atoms with Gasteiger partial charge in [0, 0.05) is 35.0 Å². The Labute approximate surface area is 167 Å². The molecule has 1 aliphatic heterocycles. The first-order valence-electron chi connectivity index (χ1n) is 8.39. The molecule has 3 rings (SSSR count). The molecule has 0 saturated heterocycles. The van der Waals surface area contributed by atoms with Gasteiger partial charge in [0.1, 0.15) is 0 Å². The SMILES string of the molecule is CC1Cc2ccccc2N1CCCNC(=S)Nc1ccc(Br)c(Cl)c1. The van der Waals surface area contributed by atoms with Crippen LogP contribution in [0, 0.1) is 0 Å². The van der Waals surface area contributed by atoms with Gasteiger partial charge in [0.2, 0.25) is 0 Å². The van der Waals surface area contributed by atoms with Crippen molar-refractivity contribution in [2.45, 2.75) is 25.8 Å². The second-order valence-electron chi connectivity index (χ2n) is 6.24. The van der Waals surface area contributed by atoms with Crippen LogP contribution in [0.5, 0.6) is 0 Å². The maximum Gasteiger partial charge on any atom is 0.170 e. The number of halogens is 2. The molecule has 0 fully saturated rings. The van der Waals surface area contributed by atoms with Gasteiger partial charge in [0.15, 0.2) is 5.11 Å². The summed E-state index contributed by atoms with van der Waals surface area (Å²) in [6.45, 7) is 4.15. The normalized spacial score (nSPS) is 15.8. The van der Waals surface area contributed by atoms with Crippen LogP contribution in [0.25, 0.3) is 0 Å². The number of nitrogens with zero attached hydrogens (tertiary/aromatic N) is 1. The van der Waals surface area contributed by atoms with E-state index >= 15 is 0 Å². The highest BCUT2D eigenvalue weighted by Crippen LogP contribution is 2.31. The van der Waals surface area contributed by atoms with Gasteiger partial charge in [-0.15, -0.1) is 0 Å². The fourth-order valence-electron chi connectivity index (χ4n) is 3.17. The Kier molecular flexibility index (Phi) is 6.20. The lowest BCUT2D eigenvalue weighted by atomic mass is 10.1. The summed E-state index contributed by atoms with van der Waals surface area (Å²) in [4.78, 5) is 2.49. The van der Waals surface area contributed by atoms with E-state index in [4.69, 9.17) is 23.8 Å². The Bertz CT molecular complexity index is 768. The van der Waals surface area contributed by atoms with E-state index < -0.39 is 0 Å². The summed E-state index contributed by atoms with van der Waals surface area (Å²) in [6, 6.07) is 14.9. The third kappa shape index (κ3) is 4.66. The number of anilines is 2. The maximum atomic E-state index is 6.10. The highest BCUT2D eigenvalue weighted by Gasteiger charge is 2.24. The van der Waals surface area contributed by atoms with Crippen molar-refractivity contribution in [1.82, 2.24) is 5.32 Å². The number of benzene rings is 2. The van der Waals surface area contributed by atoms with E-state index in [1.54, 1.807) is 0 Å². The van der Waals surface area contributed by atoms with E-state index in [2.05, 4.69) is 62.7 Å². The smallest absolute Gasteiger partial charge is 0.170 e. The van der Waals surface area contributed by atoms with Gasteiger partial charge in [-0.05, 0) is 77.7 Å². The largest absolute Gasteiger partial charge is 0.368 e. The van der Waals surface area contributed by atoms with E-state index in [1.807, 2.05) is 18.2 Å². The van der Waals surface area contributed by atoms with Gasteiger partial charge in [-0.2, -0.15) is 0 Å². The Morgan fingerprint density at radius 2 is 2.12 bits per heavy atom. The predicted molar refractivity (Wildman–Crippen MR) is 115 cm³/mol. The van der Waals surface area contributed by atoms with Crippen molar-refractivity contribution in [3.8, 4) is 0 Å². The lowest BCUT2D eigenvalue weighted by Crippen LogP contribution is -2.34. The molecule has 25 heavy (non-hydrogen) atoms. The monoisotopic (exact) mass is 437 g/mol. The van der Waals surface area contributed by atoms with Crippen LogP contribution in [0.2, 0.25) is 5.02 Å². The molecule has 0 saturated carbocycles. The molecule has 0 aromatic heterocycles. The second-order valence-corrected chi connectivity index (χ2v) is 7.91. The summed E-state index contributed by atoms with van der Waals surface area (Å²) < 4.78 is 0.874. The molecule has 0 radical (unpaired) electrons. The van der Waals surface area contributed by atoms with Crippen LogP contribution in [-0.2, 0) is 6.42 Å². The lowest BCUT2D eigenvalue weighted by Gasteiger charge is -2.25. The number of rotatable bonds is 5. The highest BCUT2D eigenvalue weighted by molar-refractivity contribution is 9.10. The standard InChI is InChI=1S/C19H21BrClN3S/c1-13-11-14-5-2-3-6-18(14)24(13)10-4-9-22-19(25)23-15-7-8-16(20)17(21)12-15/h2-3,5-8,12-13H,4,9-11H2,1H3,(H2,22,23,25). The van der Waals surface area contributed by atoms with Gasteiger partial charge in [-0.25, -0.2) is 0 Å². The lowest BCUT2D eigenvalue weighted by molar-refractivity contribution is 0.641. The van der Waals surface area contributed by atoms with E-state index in [9.17, 15) is 0 Å². The Hall–Kier alpha value is -1.30. The van der Waals surface area contributed by atoms with Gasteiger partial charge >= 0.3 is 0 Å². The molecule has 3 nitrogen and oxygen atoms in total. The molecule has 2 aromatic carbocycles. The molecule has 1 heterocycles. The fraction of sp³-hybridized carbons (Fsp3) is 0.316. The molecule has 132 valence electrons. The summed E-state index contributed by atoms with van der Waals surface area (Å²) in [6.07, 6.45) is 2.16. The van der Waals surface area contributed by atoms with Crippen LogP contribution in [0.4, 0.5) is 11.4 Å². The van der Waals surface area contributed by atoms with Crippen LogP contribution < -0.4 is 15.5 Å². The minimum absolute atomic E-state index is 0.562. The van der Waals surface area contributed by atoms with Gasteiger partial charge in [0.05, 0.1) is 5.02 Å². The average Bonchev–Trinajstić information content (AvgIpc) is 2.90. The number of nitrogens with one attached hydrogen (secondary N) is 2. The molecule has 2 aromatic rings. The summed E-state index contributed by atoms with van der Waals surface area (Å²) in [7, 11) is 0. The molecule has 6 heteroatoms. The third-order valence-electron chi connectivity index (χ3n) is 4.39. The van der Waals surface area contributed by atoms with Gasteiger partial charge in [0.25, 0.3) is 0 Å². The second kappa shape index (κ2) is 8.39. The van der Waals surface area contributed by atoms with Crippen LogP contribution in [0.3, 0.4) is 0 Å². The molecule has 0 aliphatic carbocycles. The minimum atomic E-state index is 0.562. The van der Waals surface area contributed by atoms with E-state index in [0.717, 1.165) is 36.1 Å². The molecule has 1 aliphatic rings. The molecule has 0 spiro atoms. The van der Waals surface area contributed by atoms with E-state index in [0.29, 0.717) is 16.2 Å². The number of para-hydroxylation sites is 1. The molecule has 1 atom stereocenters. The van der Waals surface area contributed by atoms with Crippen molar-refractivity contribution >= 4 is 56.2 Å². The maximum absolute atomic E-state index is 6.10. The molecular weight excluding hydrogens is 418 g/mol. The van der Waals surface area contributed by atoms with Crippen molar-refractivity contribution in [3.05, 3.63) is 57.5 Å². The Morgan fingerprint density at radius 3 is 2.92 bits per heavy atom. The van der Waals surface area contributed by atoms with Gasteiger partial charge in [-0.1, -0.05) is 29.8 Å². The van der Waals surface area contributed by atoms with E-state index in [-0.39, 0.29) is 0 Å².